The van der Waals surface area contributed by atoms with Crippen molar-refractivity contribution in [2.45, 2.75) is 31.8 Å². The van der Waals surface area contributed by atoms with E-state index in [0.717, 1.165) is 0 Å². The lowest BCUT2D eigenvalue weighted by molar-refractivity contribution is -0.149. The average molecular weight is 399 g/mol. The molecule has 1 aliphatic rings. The van der Waals surface area contributed by atoms with Crippen molar-refractivity contribution in [3.63, 3.8) is 0 Å². The van der Waals surface area contributed by atoms with Crippen LogP contribution >= 0.6 is 11.9 Å². The van der Waals surface area contributed by atoms with Crippen LogP contribution in [0.15, 0.2) is 48.5 Å². The highest BCUT2D eigenvalue weighted by Crippen LogP contribution is 2.41. The molecule has 0 aromatic heterocycles. The van der Waals surface area contributed by atoms with Gasteiger partial charge in [-0.2, -0.15) is 0 Å². The lowest BCUT2D eigenvalue weighted by Crippen LogP contribution is -2.65. The lowest BCUT2D eigenvalue weighted by atomic mass is 9.75. The maximum Gasteiger partial charge on any atom is 0.238 e. The molecule has 3 rings (SSSR count). The first-order valence-electron chi connectivity index (χ1n) is 9.69. The number of hydrogen-bond donors (Lipinski definition) is 0. The molecule has 2 aromatic carbocycles. The second kappa shape index (κ2) is 9.12. The fourth-order valence-corrected chi connectivity index (χ4v) is 4.49. The van der Waals surface area contributed by atoms with Crippen LogP contribution in [0.5, 0.6) is 0 Å². The molecule has 1 amide bonds. The van der Waals surface area contributed by atoms with Crippen molar-refractivity contribution in [1.29, 1.82) is 0 Å². The Kier molecular flexibility index (Phi) is 6.81. The maximum atomic E-state index is 12.8. The molecule has 0 spiro atoms. The summed E-state index contributed by atoms with van der Waals surface area (Å²) in [6.07, 6.45) is 1.98. The Morgan fingerprint density at radius 2 is 1.86 bits per heavy atom. The van der Waals surface area contributed by atoms with Crippen LogP contribution in [0.2, 0.25) is 0 Å². The molecule has 0 N–H and O–H groups in total. The van der Waals surface area contributed by atoms with Gasteiger partial charge in [0, 0.05) is 19.1 Å². The molecular formula is C23H30N2O2S. The van der Waals surface area contributed by atoms with E-state index in [1.165, 1.54) is 22.3 Å². The number of benzene rings is 2. The SMILES string of the molecule is COC[C@@H]1C(c2ccc(-c3ccccc3C)cc2)[C@H](C)N1C(=O)CN(C)SC. The van der Waals surface area contributed by atoms with Gasteiger partial charge in [0.05, 0.1) is 19.2 Å². The van der Waals surface area contributed by atoms with Crippen LogP contribution in [0.25, 0.3) is 11.1 Å². The van der Waals surface area contributed by atoms with E-state index in [2.05, 4.69) is 62.4 Å². The fourth-order valence-electron chi connectivity index (χ4n) is 4.25. The average Bonchev–Trinajstić information content (AvgIpc) is 2.69. The van der Waals surface area contributed by atoms with Crippen LogP contribution in [0, 0.1) is 6.92 Å². The second-order valence-corrected chi connectivity index (χ2v) is 8.48. The van der Waals surface area contributed by atoms with Crippen molar-refractivity contribution < 1.29 is 9.53 Å². The number of carbonyl (C=O) groups excluding carboxylic acids is 1. The summed E-state index contributed by atoms with van der Waals surface area (Å²) in [5, 5.41) is 0. The van der Waals surface area contributed by atoms with Crippen molar-refractivity contribution >= 4 is 17.9 Å². The van der Waals surface area contributed by atoms with Gasteiger partial charge in [-0.1, -0.05) is 60.5 Å². The smallest absolute Gasteiger partial charge is 0.238 e. The normalized spacial score (nSPS) is 21.6. The highest BCUT2D eigenvalue weighted by atomic mass is 32.2. The van der Waals surface area contributed by atoms with Crippen molar-refractivity contribution in [2.75, 3.05) is 33.6 Å². The standard InChI is InChI=1S/C23H30N2O2S/c1-16-8-6-7-9-20(16)18-10-12-19(13-11-18)23-17(2)25(21(23)15-27-4)22(26)14-24(3)28-5/h6-13,17,21,23H,14-15H2,1-5H3/t17-,21+,23?/m0/s1. The van der Waals surface area contributed by atoms with Crippen LogP contribution in [0.1, 0.15) is 24.0 Å². The van der Waals surface area contributed by atoms with Crippen molar-refractivity contribution in [1.82, 2.24) is 9.21 Å². The van der Waals surface area contributed by atoms with Gasteiger partial charge in [-0.05, 0) is 49.4 Å². The highest BCUT2D eigenvalue weighted by Gasteiger charge is 2.48. The predicted octanol–water partition coefficient (Wildman–Crippen LogP) is 4.20. The van der Waals surface area contributed by atoms with Crippen LogP contribution in [-0.2, 0) is 9.53 Å². The molecule has 1 heterocycles. The predicted molar refractivity (Wildman–Crippen MR) is 117 cm³/mol. The third kappa shape index (κ3) is 4.12. The first-order chi connectivity index (χ1) is 13.5. The molecule has 0 bridgehead atoms. The van der Waals surface area contributed by atoms with Gasteiger partial charge in [0.1, 0.15) is 0 Å². The second-order valence-electron chi connectivity index (χ2n) is 7.50. The minimum Gasteiger partial charge on any atom is -0.383 e. The van der Waals surface area contributed by atoms with Gasteiger partial charge in [0.2, 0.25) is 5.91 Å². The van der Waals surface area contributed by atoms with Gasteiger partial charge in [-0.3, -0.25) is 4.79 Å². The Labute approximate surface area is 173 Å². The molecular weight excluding hydrogens is 368 g/mol. The summed E-state index contributed by atoms with van der Waals surface area (Å²) in [6.45, 7) is 5.26. The van der Waals surface area contributed by atoms with E-state index in [0.29, 0.717) is 19.1 Å². The van der Waals surface area contributed by atoms with E-state index in [9.17, 15) is 4.79 Å². The summed E-state index contributed by atoms with van der Waals surface area (Å²) in [5.74, 6) is 0.466. The minimum absolute atomic E-state index is 0.0899. The van der Waals surface area contributed by atoms with E-state index in [1.54, 1.807) is 19.1 Å². The number of aryl methyl sites for hydroxylation is 1. The van der Waals surface area contributed by atoms with Gasteiger partial charge < -0.3 is 9.64 Å². The Morgan fingerprint density at radius 1 is 1.18 bits per heavy atom. The molecule has 3 atom stereocenters. The molecule has 28 heavy (non-hydrogen) atoms. The zero-order chi connectivity index (χ0) is 20.3. The summed E-state index contributed by atoms with van der Waals surface area (Å²) in [6, 6.07) is 17.5. The third-order valence-electron chi connectivity index (χ3n) is 5.78. The summed E-state index contributed by atoms with van der Waals surface area (Å²) >= 11 is 1.57. The number of amides is 1. The molecule has 0 aliphatic carbocycles. The minimum atomic E-state index is 0.0899. The highest BCUT2D eigenvalue weighted by molar-refractivity contribution is 7.96. The van der Waals surface area contributed by atoms with E-state index in [4.69, 9.17) is 4.74 Å². The Morgan fingerprint density at radius 3 is 2.46 bits per heavy atom. The summed E-state index contributed by atoms with van der Waals surface area (Å²) < 4.78 is 7.42. The Bertz CT molecular complexity index is 809. The van der Waals surface area contributed by atoms with E-state index >= 15 is 0 Å². The lowest BCUT2D eigenvalue weighted by Gasteiger charge is -2.54. The number of hydrogen-bond acceptors (Lipinski definition) is 4. The first-order valence-corrected chi connectivity index (χ1v) is 10.9. The Balaban J connectivity index is 1.79. The van der Waals surface area contributed by atoms with Crippen molar-refractivity contribution in [3.8, 4) is 11.1 Å². The quantitative estimate of drug-likeness (QED) is 0.655. The molecule has 2 aromatic rings. The summed E-state index contributed by atoms with van der Waals surface area (Å²) in [7, 11) is 3.65. The number of likely N-dealkylation sites (tertiary alicyclic amines) is 1. The van der Waals surface area contributed by atoms with Gasteiger partial charge in [0.25, 0.3) is 0 Å². The van der Waals surface area contributed by atoms with Crippen LogP contribution in [0.3, 0.4) is 0 Å². The number of likely N-dealkylation sites (N-methyl/N-ethyl adjacent to an activating group) is 1. The number of rotatable bonds is 7. The fraction of sp³-hybridized carbons (Fsp3) is 0.435. The van der Waals surface area contributed by atoms with Crippen LogP contribution in [0.4, 0.5) is 0 Å². The molecule has 1 unspecified atom stereocenters. The number of carbonyl (C=O) groups is 1. The van der Waals surface area contributed by atoms with Gasteiger partial charge in [-0.15, -0.1) is 0 Å². The van der Waals surface area contributed by atoms with Gasteiger partial charge in [0.15, 0.2) is 0 Å². The number of nitrogens with zero attached hydrogens (tertiary/aromatic N) is 2. The third-order valence-corrected chi connectivity index (χ3v) is 6.53. The van der Waals surface area contributed by atoms with Crippen molar-refractivity contribution in [3.05, 3.63) is 59.7 Å². The van der Waals surface area contributed by atoms with Gasteiger partial charge >= 0.3 is 0 Å². The van der Waals surface area contributed by atoms with Crippen molar-refractivity contribution in [2.24, 2.45) is 0 Å². The monoisotopic (exact) mass is 398 g/mol. The molecule has 1 fully saturated rings. The summed E-state index contributed by atoms with van der Waals surface area (Å²) in [5.41, 5.74) is 5.04. The molecule has 0 radical (unpaired) electrons. The van der Waals surface area contributed by atoms with E-state index in [-0.39, 0.29) is 18.0 Å². The Hall–Kier alpha value is -1.82. The van der Waals surface area contributed by atoms with Crippen LogP contribution in [-0.4, -0.2) is 60.8 Å². The van der Waals surface area contributed by atoms with Gasteiger partial charge in [-0.25, -0.2) is 4.31 Å². The zero-order valence-corrected chi connectivity index (χ0v) is 18.2. The van der Waals surface area contributed by atoms with E-state index < -0.39 is 0 Å². The molecule has 5 heteroatoms. The molecule has 0 saturated carbocycles. The molecule has 4 nitrogen and oxygen atoms in total. The number of ether oxygens (including phenoxy) is 1. The molecule has 1 saturated heterocycles. The summed E-state index contributed by atoms with van der Waals surface area (Å²) in [4.78, 5) is 14.8. The molecule has 150 valence electrons. The van der Waals surface area contributed by atoms with E-state index in [1.807, 2.05) is 22.5 Å². The first kappa shape index (κ1) is 20.9. The molecule has 1 aliphatic heterocycles. The number of methoxy groups -OCH3 is 1. The maximum absolute atomic E-state index is 12.8. The topological polar surface area (TPSA) is 32.8 Å². The zero-order valence-electron chi connectivity index (χ0n) is 17.4. The van der Waals surface area contributed by atoms with Crippen LogP contribution < -0.4 is 0 Å². The largest absolute Gasteiger partial charge is 0.383 e.